The maximum atomic E-state index is 15.0. The van der Waals surface area contributed by atoms with Crippen molar-refractivity contribution in [3.63, 3.8) is 0 Å². The van der Waals surface area contributed by atoms with Crippen molar-refractivity contribution in [2.24, 2.45) is 10.7 Å². The molecule has 0 amide bonds. The first-order valence-corrected chi connectivity index (χ1v) is 13.6. The van der Waals surface area contributed by atoms with Crippen molar-refractivity contribution in [2.45, 2.75) is 71.5 Å². The zero-order valence-corrected chi connectivity index (χ0v) is 25.2. The van der Waals surface area contributed by atoms with Crippen LogP contribution in [0.5, 0.6) is 0 Å². The van der Waals surface area contributed by atoms with E-state index in [1.807, 2.05) is 27.7 Å². The zero-order valence-electron chi connectivity index (χ0n) is 23.6. The summed E-state index contributed by atoms with van der Waals surface area (Å²) in [6, 6.07) is 0.489. The fourth-order valence-corrected chi connectivity index (χ4v) is 3.99. The van der Waals surface area contributed by atoms with Gasteiger partial charge in [-0.05, 0) is 67.3 Å². The number of benzene rings is 2. The van der Waals surface area contributed by atoms with E-state index in [-0.39, 0.29) is 27.6 Å². The largest absolute Gasteiger partial charge is 0.399 e. The summed E-state index contributed by atoms with van der Waals surface area (Å²) in [5.74, 6) is -4.82. The van der Waals surface area contributed by atoms with Crippen LogP contribution in [-0.4, -0.2) is 31.4 Å². The van der Waals surface area contributed by atoms with Crippen LogP contribution < -0.4 is 5.73 Å². The summed E-state index contributed by atoms with van der Waals surface area (Å²) in [5.41, 5.74) is 2.72. The first kappa shape index (κ1) is 38.3. The van der Waals surface area contributed by atoms with Crippen LogP contribution in [0.1, 0.15) is 91.9 Å². The lowest BCUT2D eigenvalue weighted by Crippen LogP contribution is -2.28. The van der Waals surface area contributed by atoms with Gasteiger partial charge in [0.1, 0.15) is 11.7 Å². The van der Waals surface area contributed by atoms with Crippen molar-refractivity contribution in [3.05, 3.63) is 74.3 Å². The van der Waals surface area contributed by atoms with Gasteiger partial charge in [-0.2, -0.15) is 22.0 Å². The summed E-state index contributed by atoms with van der Waals surface area (Å²) in [7, 11) is 1.24. The maximum absolute atomic E-state index is 15.0. The lowest BCUT2D eigenvalue weighted by atomic mass is 9.93. The Bertz CT molecular complexity index is 1220. The Labute approximate surface area is 247 Å². The van der Waals surface area contributed by atoms with Gasteiger partial charge in [0.2, 0.25) is 5.78 Å². The monoisotopic (exact) mass is 625 g/mol. The highest BCUT2D eigenvalue weighted by Crippen LogP contribution is 2.48. The van der Waals surface area contributed by atoms with Gasteiger partial charge in [-0.15, -0.1) is 0 Å². The summed E-state index contributed by atoms with van der Waals surface area (Å²) < 4.78 is 84.5. The highest BCUT2D eigenvalue weighted by molar-refractivity contribution is 6.42. The number of ketones is 1. The summed E-state index contributed by atoms with van der Waals surface area (Å²) in [6.07, 6.45) is -1.17. The van der Waals surface area contributed by atoms with Crippen LogP contribution in [0.15, 0.2) is 41.4 Å². The van der Waals surface area contributed by atoms with E-state index in [0.29, 0.717) is 11.6 Å². The topological polar surface area (TPSA) is 79.3 Å². The number of carbonyl (C=O) groups excluding carboxylic acids is 1. The Morgan fingerprint density at radius 2 is 1.61 bits per heavy atom. The Kier molecular flexibility index (Phi) is 16.2. The minimum atomic E-state index is -4.93. The van der Waals surface area contributed by atoms with Crippen molar-refractivity contribution < 1.29 is 31.1 Å². The summed E-state index contributed by atoms with van der Waals surface area (Å²) in [4.78, 5) is 15.5. The van der Waals surface area contributed by atoms with Crippen molar-refractivity contribution >= 4 is 47.2 Å². The number of alkyl halides is 5. The molecule has 41 heavy (non-hydrogen) atoms. The number of aliphatic imine (C=N–C) groups is 1. The third-order valence-corrected chi connectivity index (χ3v) is 6.10. The fraction of sp³-hybridized carbons (Fsp3) is 0.414. The Balaban J connectivity index is 0.00000210. The molecule has 1 atom stereocenters. The van der Waals surface area contributed by atoms with Crippen LogP contribution in [0.2, 0.25) is 10.0 Å². The fourth-order valence-electron chi connectivity index (χ4n) is 3.50. The van der Waals surface area contributed by atoms with Gasteiger partial charge in [-0.1, -0.05) is 63.0 Å². The Morgan fingerprint density at radius 1 is 1.07 bits per heavy atom. The average Bonchev–Trinajstić information content (AvgIpc) is 3.75. The van der Waals surface area contributed by atoms with Crippen molar-refractivity contribution in [2.75, 3.05) is 7.05 Å². The maximum Gasteiger partial charge on any atom is 0.399 e. The predicted octanol–water partition coefficient (Wildman–Crippen LogP) is 10.1. The highest BCUT2D eigenvalue weighted by atomic mass is 35.5. The van der Waals surface area contributed by atoms with Gasteiger partial charge < -0.3 is 5.41 Å². The molecule has 4 nitrogen and oxygen atoms in total. The number of halogens is 8. The second-order valence-electron chi connectivity index (χ2n) is 8.14. The van der Waals surface area contributed by atoms with Gasteiger partial charge in [-0.25, -0.2) is 4.39 Å². The molecule has 0 bridgehead atoms. The standard InChI is InChI=1S/C23H18Cl2F6N2O.C2H5N.2C2H6/c1-33-10-20(34)14-5-4-12(7-17(14)23(30,31)32)19(26)9-16(22(27,28)29)13-6-15(11-2-3-11)21(25)18(24)8-13;1-2-3;2*1-2/h4-11,16H,2-3,32H2,1H3;2-3H,1H3;2*1-2H3/b19-9-,33-10?;;;. The van der Waals surface area contributed by atoms with Crippen molar-refractivity contribution in [1.82, 2.24) is 0 Å². The number of nitrogens with zero attached hydrogens (tertiary/aromatic N) is 1. The molecule has 228 valence electrons. The molecule has 0 radical (unpaired) electrons. The number of nitrogens with one attached hydrogen (secondary N) is 1. The molecular formula is C29H35Cl2F6N3O. The van der Waals surface area contributed by atoms with E-state index in [9.17, 15) is 26.7 Å². The molecule has 1 unspecified atom stereocenters. The van der Waals surface area contributed by atoms with Crippen molar-refractivity contribution in [3.8, 4) is 0 Å². The molecule has 1 aliphatic rings. The lowest BCUT2D eigenvalue weighted by molar-refractivity contribution is -0.139. The van der Waals surface area contributed by atoms with Gasteiger partial charge >= 0.3 is 12.2 Å². The number of allylic oxidation sites excluding steroid dienone is 1. The second-order valence-corrected chi connectivity index (χ2v) is 8.92. The number of rotatable bonds is 7. The lowest BCUT2D eigenvalue weighted by Gasteiger charge is -2.20. The first-order chi connectivity index (χ1) is 19.1. The van der Waals surface area contributed by atoms with E-state index in [4.69, 9.17) is 34.3 Å². The van der Waals surface area contributed by atoms with Gasteiger partial charge in [0.05, 0.1) is 16.3 Å². The quantitative estimate of drug-likeness (QED) is 0.139. The van der Waals surface area contributed by atoms with Crippen LogP contribution in [0, 0.1) is 5.41 Å². The van der Waals surface area contributed by atoms with E-state index in [2.05, 4.69) is 4.99 Å². The molecule has 0 aliphatic heterocycles. The van der Waals surface area contributed by atoms with E-state index < -0.39 is 46.4 Å². The summed E-state index contributed by atoms with van der Waals surface area (Å²) in [6.45, 7) is 9.67. The minimum absolute atomic E-state index is 0.0289. The SMILES string of the molecule is CC.CC.CC=N.CN=CC(=O)c1ccc(/C(F)=C/C(c2cc(Cl)c(Cl)c(C3CC3)c2)C(F)(F)F)cc1C(N)(F)F. The molecule has 1 saturated carbocycles. The summed E-state index contributed by atoms with van der Waals surface area (Å²) in [5, 5.41) is 6.12. The predicted molar refractivity (Wildman–Crippen MR) is 157 cm³/mol. The average molecular weight is 627 g/mol. The smallest absolute Gasteiger partial charge is 0.313 e. The van der Waals surface area contributed by atoms with E-state index in [0.717, 1.165) is 37.3 Å². The number of hydrogen-bond acceptors (Lipinski definition) is 4. The van der Waals surface area contributed by atoms with Gasteiger partial charge in [0.15, 0.2) is 0 Å². The van der Waals surface area contributed by atoms with E-state index in [1.165, 1.54) is 19.3 Å². The van der Waals surface area contributed by atoms with Gasteiger partial charge in [-0.3, -0.25) is 15.5 Å². The van der Waals surface area contributed by atoms with Crippen LogP contribution in [0.4, 0.5) is 26.3 Å². The second kappa shape index (κ2) is 17.3. The van der Waals surface area contributed by atoms with Crippen LogP contribution >= 0.6 is 23.2 Å². The van der Waals surface area contributed by atoms with Crippen LogP contribution in [0.25, 0.3) is 5.83 Å². The summed E-state index contributed by atoms with van der Waals surface area (Å²) >= 11 is 12.2. The van der Waals surface area contributed by atoms with E-state index in [1.54, 1.807) is 6.92 Å². The molecule has 1 fully saturated rings. The normalized spacial score (nSPS) is 14.1. The number of hydrogen-bond donors (Lipinski definition) is 2. The molecule has 3 N–H and O–H groups in total. The van der Waals surface area contributed by atoms with Gasteiger partial charge in [0, 0.05) is 23.7 Å². The molecule has 0 spiro atoms. The number of nitrogens with two attached hydrogens (primary N) is 1. The zero-order chi connectivity index (χ0) is 32.1. The molecule has 2 aromatic carbocycles. The minimum Gasteiger partial charge on any atom is -0.313 e. The highest BCUT2D eigenvalue weighted by Gasteiger charge is 2.41. The van der Waals surface area contributed by atoms with Crippen LogP contribution in [0.3, 0.4) is 0 Å². The molecule has 12 heteroatoms. The Morgan fingerprint density at radius 3 is 2.05 bits per heavy atom. The molecular weight excluding hydrogens is 591 g/mol. The number of Topliss-reactive ketones (excluding diaryl/α,β-unsaturated/α-hetero) is 1. The first-order valence-electron chi connectivity index (χ1n) is 12.8. The van der Waals surface area contributed by atoms with Gasteiger partial charge in [0.25, 0.3) is 0 Å². The molecule has 2 aromatic rings. The molecule has 0 aromatic heterocycles. The third-order valence-electron chi connectivity index (χ3n) is 5.29. The van der Waals surface area contributed by atoms with Crippen molar-refractivity contribution in [1.29, 1.82) is 5.41 Å². The third kappa shape index (κ3) is 11.2. The molecule has 0 heterocycles. The number of carbonyl (C=O) groups is 1. The van der Waals surface area contributed by atoms with E-state index >= 15 is 4.39 Å². The molecule has 1 aliphatic carbocycles. The van der Waals surface area contributed by atoms with Crippen LogP contribution in [-0.2, 0) is 6.05 Å². The molecule has 3 rings (SSSR count). The Hall–Kier alpha value is -2.69. The molecule has 0 saturated heterocycles.